The van der Waals surface area contributed by atoms with Gasteiger partial charge in [-0.25, -0.2) is 4.39 Å². The van der Waals surface area contributed by atoms with Gasteiger partial charge in [0.05, 0.1) is 21.7 Å². The highest BCUT2D eigenvalue weighted by Gasteiger charge is 2.46. The number of anilines is 1. The monoisotopic (exact) mass is 526 g/mol. The molecule has 0 bridgehead atoms. The number of benzene rings is 3. The second-order valence-corrected chi connectivity index (χ2v) is 9.26. The van der Waals surface area contributed by atoms with Gasteiger partial charge in [0.2, 0.25) is 0 Å². The van der Waals surface area contributed by atoms with Gasteiger partial charge in [-0.2, -0.15) is 0 Å². The first-order valence-corrected chi connectivity index (χ1v) is 12.3. The van der Waals surface area contributed by atoms with Crippen molar-refractivity contribution in [3.05, 3.63) is 105 Å². The lowest BCUT2D eigenvalue weighted by molar-refractivity contribution is -0.140. The fraction of sp³-hybridized carbons (Fsp3) is 0.214. The van der Waals surface area contributed by atoms with Crippen molar-refractivity contribution in [1.82, 2.24) is 4.90 Å². The van der Waals surface area contributed by atoms with Crippen molar-refractivity contribution in [2.24, 2.45) is 0 Å². The van der Waals surface area contributed by atoms with Crippen molar-refractivity contribution in [2.45, 2.75) is 26.4 Å². The quantitative estimate of drug-likeness (QED) is 0.214. The molecule has 3 aromatic carbocycles. The van der Waals surface area contributed by atoms with E-state index in [9.17, 15) is 19.1 Å². The van der Waals surface area contributed by atoms with Gasteiger partial charge in [-0.1, -0.05) is 47.5 Å². The Bertz CT molecular complexity index is 1320. The van der Waals surface area contributed by atoms with Crippen LogP contribution in [0.3, 0.4) is 0 Å². The molecule has 0 aromatic heterocycles. The fourth-order valence-corrected chi connectivity index (χ4v) is 4.73. The number of rotatable bonds is 7. The van der Waals surface area contributed by atoms with Crippen LogP contribution in [0.2, 0.25) is 10.0 Å². The largest absolute Gasteiger partial charge is 0.507 e. The van der Waals surface area contributed by atoms with Crippen LogP contribution < -0.4 is 4.90 Å². The molecular formula is C28H25Cl2FN2O3. The molecule has 1 N–H and O–H groups in total. The molecule has 3 aromatic rings. The van der Waals surface area contributed by atoms with E-state index in [4.69, 9.17) is 23.2 Å². The summed E-state index contributed by atoms with van der Waals surface area (Å²) >= 11 is 12.2. The Kier molecular flexibility index (Phi) is 7.67. The van der Waals surface area contributed by atoms with Gasteiger partial charge in [-0.05, 0) is 67.4 Å². The van der Waals surface area contributed by atoms with Crippen molar-refractivity contribution in [2.75, 3.05) is 18.0 Å². The number of carbonyl (C=O) groups excluding carboxylic acids is 2. The normalized spacial score (nSPS) is 17.0. The molecule has 1 heterocycles. The molecule has 36 heavy (non-hydrogen) atoms. The summed E-state index contributed by atoms with van der Waals surface area (Å²) in [5.41, 5.74) is 2.54. The summed E-state index contributed by atoms with van der Waals surface area (Å²) in [4.78, 5) is 30.0. The van der Waals surface area contributed by atoms with Crippen LogP contribution in [0.25, 0.3) is 5.76 Å². The topological polar surface area (TPSA) is 60.9 Å². The third-order valence-electron chi connectivity index (χ3n) is 6.34. The minimum atomic E-state index is -0.852. The zero-order valence-electron chi connectivity index (χ0n) is 19.8. The average Bonchev–Trinajstić information content (AvgIpc) is 3.12. The van der Waals surface area contributed by atoms with Gasteiger partial charge in [-0.15, -0.1) is 0 Å². The Labute approximate surface area is 219 Å². The molecule has 1 saturated heterocycles. The number of aliphatic hydroxyl groups is 1. The van der Waals surface area contributed by atoms with Gasteiger partial charge in [0.25, 0.3) is 11.7 Å². The van der Waals surface area contributed by atoms with Gasteiger partial charge in [0.15, 0.2) is 0 Å². The van der Waals surface area contributed by atoms with Gasteiger partial charge in [0.1, 0.15) is 11.6 Å². The molecule has 4 rings (SSSR count). The third kappa shape index (κ3) is 4.97. The summed E-state index contributed by atoms with van der Waals surface area (Å²) < 4.78 is 13.5. The summed E-state index contributed by atoms with van der Waals surface area (Å²) in [7, 11) is 0. The number of likely N-dealkylation sites (tertiary alicyclic amines) is 1. The number of ketones is 1. The Morgan fingerprint density at radius 1 is 0.944 bits per heavy atom. The lowest BCUT2D eigenvalue weighted by Crippen LogP contribution is -2.29. The zero-order valence-corrected chi connectivity index (χ0v) is 21.4. The van der Waals surface area contributed by atoms with Crippen LogP contribution in [-0.4, -0.2) is 34.8 Å². The summed E-state index contributed by atoms with van der Waals surface area (Å²) in [6.45, 7) is 5.84. The molecule has 1 aliphatic rings. The predicted molar refractivity (Wildman–Crippen MR) is 141 cm³/mol. The van der Waals surface area contributed by atoms with Crippen LogP contribution in [0.1, 0.15) is 36.6 Å². The molecule has 1 fully saturated rings. The molecule has 1 unspecified atom stereocenters. The van der Waals surface area contributed by atoms with Crippen molar-refractivity contribution < 1.29 is 19.1 Å². The summed E-state index contributed by atoms with van der Waals surface area (Å²) in [6.07, 6.45) is 0. The van der Waals surface area contributed by atoms with E-state index in [1.807, 2.05) is 24.3 Å². The molecule has 0 saturated carbocycles. The van der Waals surface area contributed by atoms with Crippen molar-refractivity contribution >= 4 is 46.3 Å². The highest BCUT2D eigenvalue weighted by molar-refractivity contribution is 6.46. The van der Waals surface area contributed by atoms with E-state index in [-0.39, 0.29) is 28.5 Å². The van der Waals surface area contributed by atoms with Crippen LogP contribution in [-0.2, 0) is 16.1 Å². The lowest BCUT2D eigenvalue weighted by atomic mass is 9.95. The highest BCUT2D eigenvalue weighted by atomic mass is 35.5. The first-order valence-electron chi connectivity index (χ1n) is 11.6. The maximum absolute atomic E-state index is 13.5. The predicted octanol–water partition coefficient (Wildman–Crippen LogP) is 6.60. The fourth-order valence-electron chi connectivity index (χ4n) is 4.43. The van der Waals surface area contributed by atoms with Gasteiger partial charge < -0.3 is 14.9 Å². The van der Waals surface area contributed by atoms with Gasteiger partial charge in [0, 0.05) is 30.9 Å². The van der Waals surface area contributed by atoms with Gasteiger partial charge >= 0.3 is 0 Å². The van der Waals surface area contributed by atoms with E-state index >= 15 is 0 Å². The Balaban J connectivity index is 1.84. The van der Waals surface area contributed by atoms with Crippen molar-refractivity contribution in [3.63, 3.8) is 0 Å². The summed E-state index contributed by atoms with van der Waals surface area (Å²) in [5, 5.41) is 11.7. The second kappa shape index (κ2) is 10.7. The third-order valence-corrected chi connectivity index (χ3v) is 7.08. The van der Waals surface area contributed by atoms with Crippen LogP contribution >= 0.6 is 23.2 Å². The van der Waals surface area contributed by atoms with Crippen LogP contribution in [0, 0.1) is 5.82 Å². The SMILES string of the molecule is CCN(CC)c1ccc(C2/C(=C(/O)c3ccc(Cl)c(Cl)c3)C(=O)C(=O)N2Cc2ccc(F)cc2)cc1. The number of hydrogen-bond donors (Lipinski definition) is 1. The Hall–Kier alpha value is -3.35. The van der Waals surface area contributed by atoms with Crippen molar-refractivity contribution in [1.29, 1.82) is 0 Å². The molecular weight excluding hydrogens is 502 g/mol. The Morgan fingerprint density at radius 3 is 2.17 bits per heavy atom. The second-order valence-electron chi connectivity index (χ2n) is 8.45. The van der Waals surface area contributed by atoms with E-state index in [2.05, 4.69) is 18.7 Å². The number of halogens is 3. The highest BCUT2D eigenvalue weighted by Crippen LogP contribution is 2.41. The van der Waals surface area contributed by atoms with E-state index in [0.29, 0.717) is 16.1 Å². The lowest BCUT2D eigenvalue weighted by Gasteiger charge is -2.27. The molecule has 1 aliphatic heterocycles. The number of Topliss-reactive ketones (excluding diaryl/α,β-unsaturated/α-hetero) is 1. The summed E-state index contributed by atoms with van der Waals surface area (Å²) in [5.74, 6) is -2.30. The van der Waals surface area contributed by atoms with Crippen LogP contribution in [0.4, 0.5) is 10.1 Å². The number of hydrogen-bond acceptors (Lipinski definition) is 4. The Morgan fingerprint density at radius 2 is 1.58 bits per heavy atom. The van der Waals surface area contributed by atoms with E-state index in [0.717, 1.165) is 18.8 Å². The van der Waals surface area contributed by atoms with E-state index < -0.39 is 23.5 Å². The molecule has 1 atom stereocenters. The number of amides is 1. The summed E-state index contributed by atoms with van der Waals surface area (Å²) in [6, 6.07) is 16.9. The molecule has 0 spiro atoms. The number of nitrogens with zero attached hydrogens (tertiary/aromatic N) is 2. The van der Waals surface area contributed by atoms with Crippen LogP contribution in [0.5, 0.6) is 0 Å². The minimum Gasteiger partial charge on any atom is -0.507 e. The van der Waals surface area contributed by atoms with Crippen molar-refractivity contribution in [3.8, 4) is 0 Å². The van der Waals surface area contributed by atoms with E-state index in [1.54, 1.807) is 12.1 Å². The standard InChI is InChI=1S/C28H25Cl2FN2O3/c1-3-32(4-2)21-12-7-18(8-13-21)25-24(26(34)19-9-14-22(29)23(30)15-19)27(35)28(36)33(25)16-17-5-10-20(31)11-6-17/h5-15,25,34H,3-4,16H2,1-2H3/b26-24-. The molecule has 1 amide bonds. The first-order chi connectivity index (χ1) is 17.2. The maximum atomic E-state index is 13.5. The molecule has 186 valence electrons. The van der Waals surface area contributed by atoms with E-state index in [1.165, 1.54) is 35.2 Å². The number of aliphatic hydroxyl groups excluding tert-OH is 1. The molecule has 5 nitrogen and oxygen atoms in total. The number of carbonyl (C=O) groups is 2. The molecule has 0 aliphatic carbocycles. The molecule has 0 radical (unpaired) electrons. The van der Waals surface area contributed by atoms with Gasteiger partial charge in [-0.3, -0.25) is 9.59 Å². The smallest absolute Gasteiger partial charge is 0.295 e. The minimum absolute atomic E-state index is 0.0453. The average molecular weight is 527 g/mol. The first kappa shape index (κ1) is 25.7. The zero-order chi connectivity index (χ0) is 26.0. The molecule has 8 heteroatoms. The van der Waals surface area contributed by atoms with Crippen LogP contribution in [0.15, 0.2) is 72.3 Å². The maximum Gasteiger partial charge on any atom is 0.295 e.